The number of carbonyl (C=O) groups excluding carboxylic acids is 1. The molecule has 0 saturated carbocycles. The van der Waals surface area contributed by atoms with Crippen LogP contribution in [0.1, 0.15) is 31.9 Å². The summed E-state index contributed by atoms with van der Waals surface area (Å²) < 4.78 is 38.5. The van der Waals surface area contributed by atoms with Crippen LogP contribution in [0.5, 0.6) is 5.75 Å². The molecule has 1 aliphatic heterocycles. The normalized spacial score (nSPS) is 15.2. The molecule has 0 aromatic heterocycles. The fourth-order valence-electron chi connectivity index (χ4n) is 3.27. The second-order valence-electron chi connectivity index (χ2n) is 7.76. The number of benzene rings is 2. The van der Waals surface area contributed by atoms with Crippen molar-refractivity contribution in [2.24, 2.45) is 0 Å². The molecular formula is C24H30N2O5S. The number of ether oxygens (including phenoxy) is 2. The van der Waals surface area contributed by atoms with Gasteiger partial charge in [-0.2, -0.15) is 4.31 Å². The number of nitrogens with one attached hydrogen (secondary N) is 1. The molecule has 32 heavy (non-hydrogen) atoms. The van der Waals surface area contributed by atoms with E-state index in [0.717, 1.165) is 12.0 Å². The van der Waals surface area contributed by atoms with Gasteiger partial charge in [0.15, 0.2) is 0 Å². The number of hydrogen-bond acceptors (Lipinski definition) is 5. The third kappa shape index (κ3) is 6.18. The van der Waals surface area contributed by atoms with E-state index < -0.39 is 10.0 Å². The summed E-state index contributed by atoms with van der Waals surface area (Å²) in [5.74, 6) is 0.0362. The van der Waals surface area contributed by atoms with Crippen LogP contribution in [0.3, 0.4) is 0 Å². The molecule has 1 amide bonds. The first kappa shape index (κ1) is 24.0. The van der Waals surface area contributed by atoms with Crippen LogP contribution < -0.4 is 10.1 Å². The number of amides is 1. The molecule has 1 aliphatic rings. The molecule has 0 spiro atoms. The highest BCUT2D eigenvalue weighted by molar-refractivity contribution is 7.89. The maximum absolute atomic E-state index is 13.0. The van der Waals surface area contributed by atoms with Gasteiger partial charge in [0, 0.05) is 19.2 Å². The molecule has 2 aromatic rings. The van der Waals surface area contributed by atoms with E-state index in [9.17, 15) is 13.2 Å². The van der Waals surface area contributed by atoms with Crippen molar-refractivity contribution in [1.29, 1.82) is 0 Å². The van der Waals surface area contributed by atoms with E-state index in [-0.39, 0.29) is 16.9 Å². The topological polar surface area (TPSA) is 84.9 Å². The zero-order chi connectivity index (χ0) is 23.1. The van der Waals surface area contributed by atoms with Gasteiger partial charge in [-0.3, -0.25) is 4.79 Å². The Hall–Kier alpha value is -2.68. The monoisotopic (exact) mass is 458 g/mol. The summed E-state index contributed by atoms with van der Waals surface area (Å²) in [5, 5.41) is 2.77. The summed E-state index contributed by atoms with van der Waals surface area (Å²) in [4.78, 5) is 12.7. The lowest BCUT2D eigenvalue weighted by atomic mass is 10.1. The molecule has 2 aromatic carbocycles. The number of rotatable bonds is 8. The summed E-state index contributed by atoms with van der Waals surface area (Å²) in [5.41, 5.74) is 2.43. The third-order valence-corrected chi connectivity index (χ3v) is 6.89. The van der Waals surface area contributed by atoms with E-state index in [2.05, 4.69) is 12.2 Å². The highest BCUT2D eigenvalue weighted by Crippen LogP contribution is 2.30. The van der Waals surface area contributed by atoms with E-state index >= 15 is 0 Å². The minimum Gasteiger partial charge on any atom is -0.489 e. The van der Waals surface area contributed by atoms with E-state index in [1.807, 2.05) is 38.1 Å². The Kier molecular flexibility index (Phi) is 8.06. The Morgan fingerprint density at radius 2 is 1.84 bits per heavy atom. The fourth-order valence-corrected chi connectivity index (χ4v) is 4.71. The Morgan fingerprint density at radius 3 is 2.47 bits per heavy atom. The molecule has 1 N–H and O–H groups in total. The Labute approximate surface area is 190 Å². The molecule has 0 aliphatic carbocycles. The predicted octanol–water partition coefficient (Wildman–Crippen LogP) is 3.71. The van der Waals surface area contributed by atoms with Crippen molar-refractivity contribution in [3.8, 4) is 5.75 Å². The number of hydrogen-bond donors (Lipinski definition) is 1. The molecule has 0 radical (unpaired) electrons. The van der Waals surface area contributed by atoms with Gasteiger partial charge in [-0.15, -0.1) is 0 Å². The SMILES string of the molecule is CCc1ccc(/C=C/C(=O)Nc2cc(S(=O)(=O)N3CCOCC3)ccc2OC(C)C)cc1. The Morgan fingerprint density at radius 1 is 1.16 bits per heavy atom. The minimum absolute atomic E-state index is 0.102. The van der Waals surface area contributed by atoms with Crippen LogP contribution >= 0.6 is 0 Å². The number of aryl methyl sites for hydroxylation is 1. The summed E-state index contributed by atoms with van der Waals surface area (Å²) in [7, 11) is -3.70. The molecule has 1 heterocycles. The van der Waals surface area contributed by atoms with Gasteiger partial charge in [0.1, 0.15) is 5.75 Å². The molecule has 7 nitrogen and oxygen atoms in total. The second-order valence-corrected chi connectivity index (χ2v) is 9.70. The number of morpholine rings is 1. The van der Waals surface area contributed by atoms with Crippen molar-refractivity contribution >= 4 is 27.7 Å². The van der Waals surface area contributed by atoms with E-state index in [4.69, 9.17) is 9.47 Å². The smallest absolute Gasteiger partial charge is 0.248 e. The van der Waals surface area contributed by atoms with Crippen LogP contribution in [0.2, 0.25) is 0 Å². The van der Waals surface area contributed by atoms with Gasteiger partial charge >= 0.3 is 0 Å². The minimum atomic E-state index is -3.70. The van der Waals surface area contributed by atoms with Gasteiger partial charge in [-0.1, -0.05) is 31.2 Å². The summed E-state index contributed by atoms with van der Waals surface area (Å²) >= 11 is 0. The van der Waals surface area contributed by atoms with Crippen molar-refractivity contribution in [3.63, 3.8) is 0 Å². The quantitative estimate of drug-likeness (QED) is 0.610. The average Bonchev–Trinajstić information content (AvgIpc) is 2.79. The van der Waals surface area contributed by atoms with Gasteiger partial charge in [-0.05, 0) is 55.7 Å². The molecule has 1 fully saturated rings. The largest absolute Gasteiger partial charge is 0.489 e. The first-order chi connectivity index (χ1) is 15.3. The van der Waals surface area contributed by atoms with E-state index in [0.29, 0.717) is 37.7 Å². The van der Waals surface area contributed by atoms with Crippen LogP contribution in [0, 0.1) is 0 Å². The lowest BCUT2D eigenvalue weighted by molar-refractivity contribution is -0.111. The summed E-state index contributed by atoms with van der Waals surface area (Å²) in [6.07, 6.45) is 3.95. The van der Waals surface area contributed by atoms with Crippen LogP contribution in [-0.4, -0.2) is 51.0 Å². The fraction of sp³-hybridized carbons (Fsp3) is 0.375. The van der Waals surface area contributed by atoms with Gasteiger partial charge in [-0.25, -0.2) is 8.42 Å². The molecule has 0 bridgehead atoms. The van der Waals surface area contributed by atoms with Crippen LogP contribution in [-0.2, 0) is 26.0 Å². The van der Waals surface area contributed by atoms with Crippen molar-refractivity contribution in [2.45, 2.75) is 38.2 Å². The number of anilines is 1. The van der Waals surface area contributed by atoms with Crippen LogP contribution in [0.25, 0.3) is 6.08 Å². The number of sulfonamides is 1. The van der Waals surface area contributed by atoms with Gasteiger partial charge < -0.3 is 14.8 Å². The Balaban J connectivity index is 1.82. The van der Waals surface area contributed by atoms with Crippen molar-refractivity contribution in [3.05, 3.63) is 59.7 Å². The number of carbonyl (C=O) groups is 1. The molecule has 8 heteroatoms. The lowest BCUT2D eigenvalue weighted by Gasteiger charge is -2.26. The summed E-state index contributed by atoms with van der Waals surface area (Å²) in [6, 6.07) is 12.5. The first-order valence-corrected chi connectivity index (χ1v) is 12.2. The van der Waals surface area contributed by atoms with Gasteiger partial charge in [0.05, 0.1) is 29.9 Å². The molecule has 3 rings (SSSR count). The second kappa shape index (κ2) is 10.8. The summed E-state index contributed by atoms with van der Waals surface area (Å²) in [6.45, 7) is 7.14. The third-order valence-electron chi connectivity index (χ3n) is 4.99. The number of nitrogens with zero attached hydrogens (tertiary/aromatic N) is 1. The van der Waals surface area contributed by atoms with E-state index in [1.54, 1.807) is 12.1 Å². The van der Waals surface area contributed by atoms with Crippen LogP contribution in [0.4, 0.5) is 5.69 Å². The van der Waals surface area contributed by atoms with E-state index in [1.165, 1.54) is 28.1 Å². The highest BCUT2D eigenvalue weighted by atomic mass is 32.2. The predicted molar refractivity (Wildman–Crippen MR) is 125 cm³/mol. The highest BCUT2D eigenvalue weighted by Gasteiger charge is 2.27. The van der Waals surface area contributed by atoms with Crippen LogP contribution in [0.15, 0.2) is 53.4 Å². The average molecular weight is 459 g/mol. The zero-order valence-corrected chi connectivity index (χ0v) is 19.5. The standard InChI is InChI=1S/C24H30N2O5S/c1-4-19-5-7-20(8-6-19)9-12-24(27)25-22-17-21(10-11-23(22)31-18(2)3)32(28,29)26-13-15-30-16-14-26/h5-12,17-18H,4,13-16H2,1-3H3,(H,25,27)/b12-9+. The zero-order valence-electron chi connectivity index (χ0n) is 18.7. The van der Waals surface area contributed by atoms with Crippen molar-refractivity contribution in [2.75, 3.05) is 31.6 Å². The maximum atomic E-state index is 13.0. The molecular weight excluding hydrogens is 428 g/mol. The first-order valence-electron chi connectivity index (χ1n) is 10.8. The molecule has 0 unspecified atom stereocenters. The van der Waals surface area contributed by atoms with Crippen molar-refractivity contribution in [1.82, 2.24) is 4.31 Å². The molecule has 0 atom stereocenters. The maximum Gasteiger partial charge on any atom is 0.248 e. The lowest BCUT2D eigenvalue weighted by Crippen LogP contribution is -2.40. The van der Waals surface area contributed by atoms with Gasteiger partial charge in [0.2, 0.25) is 15.9 Å². The molecule has 172 valence electrons. The van der Waals surface area contributed by atoms with Crippen molar-refractivity contribution < 1.29 is 22.7 Å². The molecule has 1 saturated heterocycles. The van der Waals surface area contributed by atoms with Gasteiger partial charge in [0.25, 0.3) is 0 Å². The Bertz CT molecular complexity index is 1060.